The Kier molecular flexibility index (Phi) is 4.07. The molecule has 2 rings (SSSR count). The fourth-order valence-corrected chi connectivity index (χ4v) is 2.84. The van der Waals surface area contributed by atoms with E-state index in [0.717, 1.165) is 41.8 Å². The van der Waals surface area contributed by atoms with Crippen molar-refractivity contribution >= 4 is 11.5 Å². The van der Waals surface area contributed by atoms with E-state index in [2.05, 4.69) is 22.6 Å². The molecule has 16 heavy (non-hydrogen) atoms. The standard InChI is InChI=1S/C12H18N2OS/c1-2-6-10-12(16-14-13-10)11(15)9-7-4-3-5-8-9/h7,11,15H,2-6,8H2,1H3. The number of allylic oxidation sites excluding steroid dienone is 1. The molecule has 1 atom stereocenters. The molecule has 1 aromatic heterocycles. The van der Waals surface area contributed by atoms with Crippen molar-refractivity contribution in [1.82, 2.24) is 9.59 Å². The zero-order valence-electron chi connectivity index (χ0n) is 9.65. The smallest absolute Gasteiger partial charge is 0.113 e. The van der Waals surface area contributed by atoms with Crippen LogP contribution in [0, 0.1) is 0 Å². The first kappa shape index (κ1) is 11.7. The van der Waals surface area contributed by atoms with Gasteiger partial charge in [0.25, 0.3) is 0 Å². The van der Waals surface area contributed by atoms with E-state index in [1.165, 1.54) is 24.4 Å². The Balaban J connectivity index is 2.15. The molecule has 0 spiro atoms. The summed E-state index contributed by atoms with van der Waals surface area (Å²) >= 11 is 1.34. The summed E-state index contributed by atoms with van der Waals surface area (Å²) in [5, 5.41) is 14.4. The van der Waals surface area contributed by atoms with Crippen molar-refractivity contribution in [2.45, 2.75) is 51.6 Å². The Morgan fingerprint density at radius 2 is 2.38 bits per heavy atom. The molecule has 1 N–H and O–H groups in total. The molecule has 0 saturated carbocycles. The molecular weight excluding hydrogens is 220 g/mol. The number of aliphatic hydroxyl groups is 1. The van der Waals surface area contributed by atoms with Gasteiger partial charge in [-0.05, 0) is 49.2 Å². The summed E-state index contributed by atoms with van der Waals surface area (Å²) in [6, 6.07) is 0. The lowest BCUT2D eigenvalue weighted by molar-refractivity contribution is 0.210. The maximum atomic E-state index is 10.3. The number of hydrogen-bond donors (Lipinski definition) is 1. The molecule has 1 heterocycles. The molecule has 0 fully saturated rings. The fraction of sp³-hybridized carbons (Fsp3) is 0.667. The zero-order valence-corrected chi connectivity index (χ0v) is 10.5. The van der Waals surface area contributed by atoms with Crippen LogP contribution < -0.4 is 0 Å². The van der Waals surface area contributed by atoms with Crippen LogP contribution in [0.25, 0.3) is 0 Å². The lowest BCUT2D eigenvalue weighted by atomic mass is 9.94. The Bertz CT molecular complexity index is 373. The molecule has 0 radical (unpaired) electrons. The highest BCUT2D eigenvalue weighted by Gasteiger charge is 2.21. The van der Waals surface area contributed by atoms with Crippen LogP contribution in [0.15, 0.2) is 11.6 Å². The first-order chi connectivity index (χ1) is 7.83. The van der Waals surface area contributed by atoms with Crippen LogP contribution in [-0.4, -0.2) is 14.7 Å². The van der Waals surface area contributed by atoms with Gasteiger partial charge in [-0.2, -0.15) is 0 Å². The van der Waals surface area contributed by atoms with Crippen molar-refractivity contribution in [2.24, 2.45) is 0 Å². The van der Waals surface area contributed by atoms with Crippen molar-refractivity contribution < 1.29 is 5.11 Å². The Labute approximate surface area is 100 Å². The second-order valence-corrected chi connectivity index (χ2v) is 5.05. The van der Waals surface area contributed by atoms with Crippen LogP contribution >= 0.6 is 11.5 Å². The van der Waals surface area contributed by atoms with Gasteiger partial charge in [-0.15, -0.1) is 5.10 Å². The molecule has 0 aromatic carbocycles. The predicted molar refractivity (Wildman–Crippen MR) is 65.4 cm³/mol. The molecule has 0 bridgehead atoms. The third kappa shape index (κ3) is 2.50. The highest BCUT2D eigenvalue weighted by Crippen LogP contribution is 2.32. The van der Waals surface area contributed by atoms with Crippen LogP contribution in [0.3, 0.4) is 0 Å². The minimum atomic E-state index is -0.457. The SMILES string of the molecule is CCCc1nnsc1C(O)C1=CCCCC1. The normalized spacial score (nSPS) is 18.2. The van der Waals surface area contributed by atoms with E-state index in [-0.39, 0.29) is 0 Å². The average Bonchev–Trinajstić information content (AvgIpc) is 2.78. The summed E-state index contributed by atoms with van der Waals surface area (Å²) in [7, 11) is 0. The van der Waals surface area contributed by atoms with Crippen molar-refractivity contribution in [3.8, 4) is 0 Å². The first-order valence-electron chi connectivity index (χ1n) is 6.01. The van der Waals surface area contributed by atoms with Gasteiger partial charge >= 0.3 is 0 Å². The van der Waals surface area contributed by atoms with Gasteiger partial charge in [0.1, 0.15) is 6.10 Å². The van der Waals surface area contributed by atoms with Crippen LogP contribution in [-0.2, 0) is 6.42 Å². The van der Waals surface area contributed by atoms with E-state index in [9.17, 15) is 5.11 Å². The quantitative estimate of drug-likeness (QED) is 0.820. The van der Waals surface area contributed by atoms with Crippen LogP contribution in [0.5, 0.6) is 0 Å². The monoisotopic (exact) mass is 238 g/mol. The first-order valence-corrected chi connectivity index (χ1v) is 6.78. The molecular formula is C12H18N2OS. The maximum absolute atomic E-state index is 10.3. The van der Waals surface area contributed by atoms with E-state index in [4.69, 9.17) is 0 Å². The third-order valence-corrected chi connectivity index (χ3v) is 3.82. The van der Waals surface area contributed by atoms with Gasteiger partial charge in [-0.1, -0.05) is 23.9 Å². The molecule has 88 valence electrons. The second kappa shape index (κ2) is 5.55. The van der Waals surface area contributed by atoms with Gasteiger partial charge in [0.05, 0.1) is 10.6 Å². The largest absolute Gasteiger partial charge is 0.383 e. The lowest BCUT2D eigenvalue weighted by Crippen LogP contribution is -2.05. The summed E-state index contributed by atoms with van der Waals surface area (Å²) in [5.41, 5.74) is 2.14. The van der Waals surface area contributed by atoms with E-state index in [1.54, 1.807) is 0 Å². The Morgan fingerprint density at radius 1 is 1.50 bits per heavy atom. The van der Waals surface area contributed by atoms with Gasteiger partial charge in [-0.25, -0.2) is 0 Å². The Morgan fingerprint density at radius 3 is 3.06 bits per heavy atom. The summed E-state index contributed by atoms with van der Waals surface area (Å²) in [4.78, 5) is 0.954. The van der Waals surface area contributed by atoms with E-state index in [0.29, 0.717) is 0 Å². The molecule has 1 aliphatic carbocycles. The number of aryl methyl sites for hydroxylation is 1. The summed E-state index contributed by atoms with van der Waals surface area (Å²) < 4.78 is 3.96. The molecule has 0 saturated heterocycles. The van der Waals surface area contributed by atoms with Gasteiger partial charge in [0.15, 0.2) is 0 Å². The Hall–Kier alpha value is -0.740. The molecule has 4 heteroatoms. The van der Waals surface area contributed by atoms with E-state index < -0.39 is 6.10 Å². The van der Waals surface area contributed by atoms with Gasteiger partial charge in [0, 0.05) is 0 Å². The van der Waals surface area contributed by atoms with Crippen LogP contribution in [0.2, 0.25) is 0 Å². The van der Waals surface area contributed by atoms with Gasteiger partial charge < -0.3 is 5.11 Å². The number of rotatable bonds is 4. The molecule has 0 aliphatic heterocycles. The lowest BCUT2D eigenvalue weighted by Gasteiger charge is -2.17. The number of nitrogens with zero attached hydrogens (tertiary/aromatic N) is 2. The second-order valence-electron chi connectivity index (χ2n) is 4.26. The van der Waals surface area contributed by atoms with Gasteiger partial charge in [-0.3, -0.25) is 0 Å². The van der Waals surface area contributed by atoms with Crippen LogP contribution in [0.4, 0.5) is 0 Å². The topological polar surface area (TPSA) is 46.0 Å². The highest BCUT2D eigenvalue weighted by molar-refractivity contribution is 7.05. The number of aliphatic hydroxyl groups excluding tert-OH is 1. The minimum absolute atomic E-state index is 0.457. The number of aromatic nitrogens is 2. The van der Waals surface area contributed by atoms with E-state index in [1.807, 2.05) is 0 Å². The average molecular weight is 238 g/mol. The molecule has 1 aromatic rings. The van der Waals surface area contributed by atoms with Crippen molar-refractivity contribution in [3.05, 3.63) is 22.2 Å². The van der Waals surface area contributed by atoms with Crippen LogP contribution in [0.1, 0.15) is 55.7 Å². The number of hydrogen-bond acceptors (Lipinski definition) is 4. The summed E-state index contributed by atoms with van der Waals surface area (Å²) in [6.07, 6.45) is 8.25. The third-order valence-electron chi connectivity index (χ3n) is 3.00. The fourth-order valence-electron chi connectivity index (χ4n) is 2.11. The molecule has 1 unspecified atom stereocenters. The van der Waals surface area contributed by atoms with E-state index >= 15 is 0 Å². The molecule has 3 nitrogen and oxygen atoms in total. The predicted octanol–water partition coefficient (Wildman–Crippen LogP) is 3.02. The van der Waals surface area contributed by atoms with Gasteiger partial charge in [0.2, 0.25) is 0 Å². The maximum Gasteiger partial charge on any atom is 0.113 e. The summed E-state index contributed by atoms with van der Waals surface area (Å²) in [5.74, 6) is 0. The minimum Gasteiger partial charge on any atom is -0.383 e. The van der Waals surface area contributed by atoms with Crippen molar-refractivity contribution in [2.75, 3.05) is 0 Å². The molecule has 0 amide bonds. The zero-order chi connectivity index (χ0) is 11.4. The van der Waals surface area contributed by atoms with Crippen molar-refractivity contribution in [1.29, 1.82) is 0 Å². The molecule has 1 aliphatic rings. The van der Waals surface area contributed by atoms with Crippen molar-refractivity contribution in [3.63, 3.8) is 0 Å². The summed E-state index contributed by atoms with van der Waals surface area (Å²) in [6.45, 7) is 2.12. The highest BCUT2D eigenvalue weighted by atomic mass is 32.1.